The van der Waals surface area contributed by atoms with Gasteiger partial charge in [-0.05, 0) is 37.7 Å². The maximum atomic E-state index is 12.4. The molecule has 0 spiro atoms. The highest BCUT2D eigenvalue weighted by molar-refractivity contribution is 7.89. The van der Waals surface area contributed by atoms with Crippen LogP contribution in [0.5, 0.6) is 0 Å². The minimum Gasteiger partial charge on any atom is -0.455 e. The van der Waals surface area contributed by atoms with Gasteiger partial charge in [-0.3, -0.25) is 4.79 Å². The van der Waals surface area contributed by atoms with Crippen molar-refractivity contribution in [3.05, 3.63) is 40.0 Å². The summed E-state index contributed by atoms with van der Waals surface area (Å²) in [5.41, 5.74) is 0. The molecule has 0 saturated carbocycles. The van der Waals surface area contributed by atoms with Crippen LogP contribution in [0.15, 0.2) is 32.9 Å². The van der Waals surface area contributed by atoms with Crippen molar-refractivity contribution in [1.29, 1.82) is 0 Å². The van der Waals surface area contributed by atoms with E-state index in [9.17, 15) is 13.2 Å². The molecular formula is C15H19N3O4S2. The van der Waals surface area contributed by atoms with E-state index in [-0.39, 0.29) is 29.1 Å². The molecule has 1 atom stereocenters. The van der Waals surface area contributed by atoms with E-state index in [1.807, 2.05) is 19.0 Å². The second-order valence-electron chi connectivity index (χ2n) is 5.96. The first-order chi connectivity index (χ1) is 11.3. The summed E-state index contributed by atoms with van der Waals surface area (Å²) in [7, 11) is 1.89. The number of carbonyl (C=O) groups is 1. The van der Waals surface area contributed by atoms with E-state index < -0.39 is 10.0 Å². The van der Waals surface area contributed by atoms with Gasteiger partial charge in [-0.15, -0.1) is 11.3 Å². The Morgan fingerprint density at radius 3 is 2.88 bits per heavy atom. The molecule has 9 heteroatoms. The summed E-state index contributed by atoms with van der Waals surface area (Å²) in [6.45, 7) is 0.805. The number of hydrogen-bond donors (Lipinski definition) is 1. The molecule has 0 fully saturated rings. The van der Waals surface area contributed by atoms with Crippen LogP contribution >= 0.6 is 11.3 Å². The molecule has 130 valence electrons. The Labute approximate surface area is 144 Å². The fourth-order valence-corrected chi connectivity index (χ4v) is 5.32. The number of sulfonamides is 1. The Kier molecular flexibility index (Phi) is 4.52. The lowest BCUT2D eigenvalue weighted by atomic mass is 10.2. The van der Waals surface area contributed by atoms with Crippen molar-refractivity contribution in [2.75, 3.05) is 27.7 Å². The molecule has 7 nitrogen and oxygen atoms in total. The second-order valence-corrected chi connectivity index (χ2v) is 8.93. The van der Waals surface area contributed by atoms with Crippen LogP contribution in [0.3, 0.4) is 0 Å². The number of carbonyl (C=O) groups excluding carboxylic acids is 1. The second kappa shape index (κ2) is 6.32. The summed E-state index contributed by atoms with van der Waals surface area (Å²) in [5.74, 6) is 0.573. The molecular weight excluding hydrogens is 350 g/mol. The number of hydrogen-bond acceptors (Lipinski definition) is 6. The molecule has 0 bridgehead atoms. The minimum absolute atomic E-state index is 0.201. The van der Waals surface area contributed by atoms with Crippen LogP contribution in [0.4, 0.5) is 0 Å². The third kappa shape index (κ3) is 3.12. The van der Waals surface area contributed by atoms with Gasteiger partial charge in [0.15, 0.2) is 5.76 Å². The fourth-order valence-electron chi connectivity index (χ4n) is 2.62. The SMILES string of the molecule is CN(C)Cc1ccc(C(=O)N[C@@H]2CN(C)S(=O)(=O)c3ccsc32)o1. The molecule has 0 saturated heterocycles. The smallest absolute Gasteiger partial charge is 0.287 e. The van der Waals surface area contributed by atoms with E-state index in [1.54, 1.807) is 23.6 Å². The third-order valence-electron chi connectivity index (χ3n) is 3.76. The molecule has 3 rings (SSSR count). The average Bonchev–Trinajstić information content (AvgIpc) is 3.13. The highest BCUT2D eigenvalue weighted by Gasteiger charge is 2.36. The zero-order chi connectivity index (χ0) is 17.5. The number of nitrogens with one attached hydrogen (secondary N) is 1. The van der Waals surface area contributed by atoms with Gasteiger partial charge < -0.3 is 14.6 Å². The summed E-state index contributed by atoms with van der Waals surface area (Å²) in [6.07, 6.45) is 0. The monoisotopic (exact) mass is 369 g/mol. The van der Waals surface area contributed by atoms with Gasteiger partial charge in [0.25, 0.3) is 5.91 Å². The van der Waals surface area contributed by atoms with E-state index in [0.717, 1.165) is 0 Å². The van der Waals surface area contributed by atoms with Crippen molar-refractivity contribution in [2.24, 2.45) is 0 Å². The van der Waals surface area contributed by atoms with Crippen LogP contribution in [0.2, 0.25) is 0 Å². The Hall–Kier alpha value is -1.68. The molecule has 0 aromatic carbocycles. The van der Waals surface area contributed by atoms with Crippen molar-refractivity contribution in [1.82, 2.24) is 14.5 Å². The first-order valence-electron chi connectivity index (χ1n) is 7.37. The average molecular weight is 369 g/mol. The first-order valence-corrected chi connectivity index (χ1v) is 9.69. The number of fused-ring (bicyclic) bond motifs is 1. The zero-order valence-corrected chi connectivity index (χ0v) is 15.3. The fraction of sp³-hybridized carbons (Fsp3) is 0.400. The lowest BCUT2D eigenvalue weighted by molar-refractivity contribution is 0.0900. The maximum absolute atomic E-state index is 12.4. The third-order valence-corrected chi connectivity index (χ3v) is 6.81. The highest BCUT2D eigenvalue weighted by Crippen LogP contribution is 2.35. The maximum Gasteiger partial charge on any atom is 0.287 e. The van der Waals surface area contributed by atoms with Crippen LogP contribution < -0.4 is 5.32 Å². The van der Waals surface area contributed by atoms with E-state index >= 15 is 0 Å². The minimum atomic E-state index is -3.46. The summed E-state index contributed by atoms with van der Waals surface area (Å²) >= 11 is 1.33. The number of likely N-dealkylation sites (N-methyl/N-ethyl adjacent to an activating group) is 1. The summed E-state index contributed by atoms with van der Waals surface area (Å²) in [5, 5.41) is 4.60. The predicted molar refractivity (Wildman–Crippen MR) is 90.4 cm³/mol. The quantitative estimate of drug-likeness (QED) is 0.883. The van der Waals surface area contributed by atoms with Crippen LogP contribution in [-0.4, -0.2) is 51.2 Å². The van der Waals surface area contributed by atoms with Crippen LogP contribution in [0.1, 0.15) is 27.2 Å². The molecule has 1 aliphatic heterocycles. The summed E-state index contributed by atoms with van der Waals surface area (Å²) < 4.78 is 31.3. The van der Waals surface area contributed by atoms with E-state index in [0.29, 0.717) is 17.2 Å². The van der Waals surface area contributed by atoms with E-state index in [4.69, 9.17) is 4.42 Å². The number of nitrogens with zero attached hydrogens (tertiary/aromatic N) is 2. The molecule has 3 heterocycles. The molecule has 0 aliphatic carbocycles. The van der Waals surface area contributed by atoms with Crippen molar-refractivity contribution >= 4 is 27.3 Å². The molecule has 1 amide bonds. The highest BCUT2D eigenvalue weighted by atomic mass is 32.2. The van der Waals surface area contributed by atoms with Gasteiger partial charge in [0.05, 0.1) is 17.5 Å². The van der Waals surface area contributed by atoms with Crippen molar-refractivity contribution < 1.29 is 17.6 Å². The van der Waals surface area contributed by atoms with Crippen LogP contribution in [0.25, 0.3) is 0 Å². The molecule has 1 aliphatic rings. The van der Waals surface area contributed by atoms with Crippen LogP contribution in [0, 0.1) is 0 Å². The molecule has 1 N–H and O–H groups in total. The Morgan fingerprint density at radius 2 is 2.17 bits per heavy atom. The number of rotatable bonds is 4. The Balaban J connectivity index is 1.79. The first kappa shape index (κ1) is 17.2. The molecule has 2 aromatic rings. The molecule has 24 heavy (non-hydrogen) atoms. The van der Waals surface area contributed by atoms with Gasteiger partial charge >= 0.3 is 0 Å². The lowest BCUT2D eigenvalue weighted by Crippen LogP contribution is -2.42. The lowest BCUT2D eigenvalue weighted by Gasteiger charge is -2.29. The summed E-state index contributed by atoms with van der Waals surface area (Å²) in [6, 6.07) is 4.59. The van der Waals surface area contributed by atoms with Crippen LogP contribution in [-0.2, 0) is 16.6 Å². The van der Waals surface area contributed by atoms with Gasteiger partial charge in [-0.1, -0.05) is 0 Å². The largest absolute Gasteiger partial charge is 0.455 e. The molecule has 0 unspecified atom stereocenters. The standard InChI is InChI=1S/C15H19N3O4S2/c1-17(2)8-10-4-5-12(22-10)15(19)16-11-9-18(3)24(20,21)13-6-7-23-14(11)13/h4-7,11H,8-9H2,1-3H3,(H,16,19)/t11-/m1/s1. The normalized spacial score (nSPS) is 20.1. The zero-order valence-electron chi connectivity index (χ0n) is 13.6. The summed E-state index contributed by atoms with van der Waals surface area (Å²) in [4.78, 5) is 15.3. The Bertz CT molecular complexity index is 854. The van der Waals surface area contributed by atoms with E-state index in [1.165, 1.54) is 22.7 Å². The van der Waals surface area contributed by atoms with Gasteiger partial charge in [-0.2, -0.15) is 4.31 Å². The molecule has 0 radical (unpaired) electrons. The Morgan fingerprint density at radius 1 is 1.42 bits per heavy atom. The molecule has 2 aromatic heterocycles. The van der Waals surface area contributed by atoms with E-state index in [2.05, 4.69) is 5.32 Å². The van der Waals surface area contributed by atoms with Gasteiger partial charge in [0, 0.05) is 18.5 Å². The van der Waals surface area contributed by atoms with Gasteiger partial charge in [0.1, 0.15) is 5.76 Å². The van der Waals surface area contributed by atoms with Gasteiger partial charge in [0.2, 0.25) is 10.0 Å². The van der Waals surface area contributed by atoms with Crippen molar-refractivity contribution in [3.63, 3.8) is 0 Å². The van der Waals surface area contributed by atoms with Crippen molar-refractivity contribution in [3.8, 4) is 0 Å². The van der Waals surface area contributed by atoms with Crippen molar-refractivity contribution in [2.45, 2.75) is 17.5 Å². The topological polar surface area (TPSA) is 82.9 Å². The number of thiophene rings is 1. The van der Waals surface area contributed by atoms with Gasteiger partial charge in [-0.25, -0.2) is 8.42 Å². The number of amides is 1. The number of furan rings is 1. The predicted octanol–water partition coefficient (Wildman–Crippen LogP) is 1.51.